The second-order valence-electron chi connectivity index (χ2n) is 5.15. The minimum Gasteiger partial charge on any atom is -0.333 e. The predicted octanol–water partition coefficient (Wildman–Crippen LogP) is 1.80. The molecule has 1 rings (SSSR count). The summed E-state index contributed by atoms with van der Waals surface area (Å²) in [5.74, 6) is 0.133. The molecule has 0 aromatic carbocycles. The van der Waals surface area contributed by atoms with Crippen LogP contribution in [0.5, 0.6) is 0 Å². The first-order chi connectivity index (χ1) is 8.43. The van der Waals surface area contributed by atoms with Crippen LogP contribution in [0.1, 0.15) is 33.4 Å². The largest absolute Gasteiger partial charge is 0.333 e. The summed E-state index contributed by atoms with van der Waals surface area (Å²) < 4.78 is 0. The second kappa shape index (κ2) is 6.50. The standard InChI is InChI=1S/C14H23N3O/c1-10(2)13(15)14(18)17(11(3)4)9-12-7-5-6-8-16-12/h5-8,10-11,13H,9,15H2,1-4H3/t13-/m1/s1. The van der Waals surface area contributed by atoms with Crippen molar-refractivity contribution in [2.45, 2.75) is 46.3 Å². The molecule has 100 valence electrons. The van der Waals surface area contributed by atoms with E-state index in [2.05, 4.69) is 4.98 Å². The second-order valence-corrected chi connectivity index (χ2v) is 5.15. The van der Waals surface area contributed by atoms with Crippen LogP contribution < -0.4 is 5.73 Å². The van der Waals surface area contributed by atoms with Gasteiger partial charge in [0, 0.05) is 12.2 Å². The van der Waals surface area contributed by atoms with Crippen LogP contribution >= 0.6 is 0 Å². The Morgan fingerprint density at radius 3 is 2.44 bits per heavy atom. The number of carbonyl (C=O) groups excluding carboxylic acids is 1. The number of hydrogen-bond acceptors (Lipinski definition) is 3. The molecular weight excluding hydrogens is 226 g/mol. The van der Waals surface area contributed by atoms with Crippen molar-refractivity contribution in [3.63, 3.8) is 0 Å². The van der Waals surface area contributed by atoms with E-state index in [0.29, 0.717) is 6.54 Å². The average Bonchev–Trinajstić information content (AvgIpc) is 2.35. The number of amides is 1. The van der Waals surface area contributed by atoms with Crippen LogP contribution in [0.2, 0.25) is 0 Å². The molecule has 1 amide bonds. The summed E-state index contributed by atoms with van der Waals surface area (Å²) >= 11 is 0. The highest BCUT2D eigenvalue weighted by Crippen LogP contribution is 2.11. The third-order valence-electron chi connectivity index (χ3n) is 2.97. The highest BCUT2D eigenvalue weighted by molar-refractivity contribution is 5.82. The molecule has 0 aliphatic heterocycles. The zero-order chi connectivity index (χ0) is 13.7. The van der Waals surface area contributed by atoms with E-state index >= 15 is 0 Å². The molecule has 0 aliphatic rings. The van der Waals surface area contributed by atoms with E-state index in [4.69, 9.17) is 5.73 Å². The van der Waals surface area contributed by atoms with Gasteiger partial charge in [0.25, 0.3) is 0 Å². The van der Waals surface area contributed by atoms with Crippen molar-refractivity contribution in [3.05, 3.63) is 30.1 Å². The summed E-state index contributed by atoms with van der Waals surface area (Å²) in [4.78, 5) is 18.3. The first kappa shape index (κ1) is 14.6. The molecule has 0 radical (unpaired) electrons. The maximum absolute atomic E-state index is 12.3. The van der Waals surface area contributed by atoms with Gasteiger partial charge in [0.15, 0.2) is 0 Å². The van der Waals surface area contributed by atoms with Crippen molar-refractivity contribution in [1.82, 2.24) is 9.88 Å². The van der Waals surface area contributed by atoms with Crippen molar-refractivity contribution in [2.75, 3.05) is 0 Å². The predicted molar refractivity (Wildman–Crippen MR) is 72.7 cm³/mol. The SMILES string of the molecule is CC(C)[C@@H](N)C(=O)N(Cc1ccccn1)C(C)C. The molecule has 18 heavy (non-hydrogen) atoms. The van der Waals surface area contributed by atoms with Crippen molar-refractivity contribution >= 4 is 5.91 Å². The minimum absolute atomic E-state index is 0.00865. The minimum atomic E-state index is -0.448. The van der Waals surface area contributed by atoms with Crippen molar-refractivity contribution in [3.8, 4) is 0 Å². The molecule has 0 bridgehead atoms. The summed E-state index contributed by atoms with van der Waals surface area (Å²) in [5.41, 5.74) is 6.83. The van der Waals surface area contributed by atoms with Crippen LogP contribution in [-0.4, -0.2) is 27.9 Å². The fraction of sp³-hybridized carbons (Fsp3) is 0.571. The Labute approximate surface area is 109 Å². The quantitative estimate of drug-likeness (QED) is 0.865. The number of nitrogens with zero attached hydrogens (tertiary/aromatic N) is 2. The lowest BCUT2D eigenvalue weighted by Gasteiger charge is -2.30. The number of rotatable bonds is 5. The maximum Gasteiger partial charge on any atom is 0.240 e. The molecule has 1 heterocycles. The molecule has 4 heteroatoms. The summed E-state index contributed by atoms with van der Waals surface area (Å²) in [6.07, 6.45) is 1.74. The fourth-order valence-corrected chi connectivity index (χ4v) is 1.66. The zero-order valence-electron chi connectivity index (χ0n) is 11.6. The topological polar surface area (TPSA) is 59.2 Å². The van der Waals surface area contributed by atoms with E-state index in [1.807, 2.05) is 45.9 Å². The Morgan fingerprint density at radius 2 is 2.00 bits per heavy atom. The normalized spacial score (nSPS) is 12.8. The van der Waals surface area contributed by atoms with Crippen LogP contribution in [-0.2, 0) is 11.3 Å². The van der Waals surface area contributed by atoms with Crippen LogP contribution in [0.15, 0.2) is 24.4 Å². The number of aromatic nitrogens is 1. The number of nitrogens with two attached hydrogens (primary N) is 1. The van der Waals surface area contributed by atoms with Crippen molar-refractivity contribution in [2.24, 2.45) is 11.7 Å². The molecule has 1 atom stereocenters. The lowest BCUT2D eigenvalue weighted by molar-refractivity contribution is -0.136. The van der Waals surface area contributed by atoms with E-state index in [9.17, 15) is 4.79 Å². The molecule has 1 aromatic heterocycles. The van der Waals surface area contributed by atoms with Gasteiger partial charge in [-0.2, -0.15) is 0 Å². The molecule has 2 N–H and O–H groups in total. The van der Waals surface area contributed by atoms with Gasteiger partial charge >= 0.3 is 0 Å². The van der Waals surface area contributed by atoms with Gasteiger partial charge in [-0.3, -0.25) is 9.78 Å². The Morgan fingerprint density at radius 1 is 1.33 bits per heavy atom. The number of hydrogen-bond donors (Lipinski definition) is 1. The number of carbonyl (C=O) groups is 1. The van der Waals surface area contributed by atoms with Gasteiger partial charge in [0.2, 0.25) is 5.91 Å². The Kier molecular flexibility index (Phi) is 5.28. The summed E-state index contributed by atoms with van der Waals surface area (Å²) in [6.45, 7) is 8.42. The van der Waals surface area contributed by atoms with Gasteiger partial charge in [-0.1, -0.05) is 19.9 Å². The van der Waals surface area contributed by atoms with Gasteiger partial charge in [-0.05, 0) is 31.9 Å². The van der Waals surface area contributed by atoms with E-state index in [1.165, 1.54) is 0 Å². The summed E-state index contributed by atoms with van der Waals surface area (Å²) in [7, 11) is 0. The van der Waals surface area contributed by atoms with Crippen molar-refractivity contribution in [1.29, 1.82) is 0 Å². The smallest absolute Gasteiger partial charge is 0.240 e. The van der Waals surface area contributed by atoms with Crippen LogP contribution in [0, 0.1) is 5.92 Å². The molecular formula is C14H23N3O. The third-order valence-corrected chi connectivity index (χ3v) is 2.97. The fourth-order valence-electron chi connectivity index (χ4n) is 1.66. The Bertz CT molecular complexity index is 376. The van der Waals surface area contributed by atoms with E-state index in [1.54, 1.807) is 11.1 Å². The van der Waals surface area contributed by atoms with Gasteiger partial charge in [0.1, 0.15) is 0 Å². The zero-order valence-corrected chi connectivity index (χ0v) is 11.6. The maximum atomic E-state index is 12.3. The summed E-state index contributed by atoms with van der Waals surface area (Å²) in [6, 6.07) is 5.38. The van der Waals surface area contributed by atoms with Crippen LogP contribution in [0.25, 0.3) is 0 Å². The molecule has 4 nitrogen and oxygen atoms in total. The first-order valence-electron chi connectivity index (χ1n) is 6.39. The molecule has 0 fully saturated rings. The first-order valence-corrected chi connectivity index (χ1v) is 6.39. The van der Waals surface area contributed by atoms with Gasteiger partial charge in [0.05, 0.1) is 18.3 Å². The molecule has 0 unspecified atom stereocenters. The van der Waals surface area contributed by atoms with Crippen LogP contribution in [0.4, 0.5) is 0 Å². The van der Waals surface area contributed by atoms with E-state index < -0.39 is 6.04 Å². The lowest BCUT2D eigenvalue weighted by Crippen LogP contribution is -2.48. The highest BCUT2D eigenvalue weighted by atomic mass is 16.2. The lowest BCUT2D eigenvalue weighted by atomic mass is 10.0. The molecule has 0 aliphatic carbocycles. The molecule has 0 saturated carbocycles. The van der Waals surface area contributed by atoms with Gasteiger partial charge in [-0.25, -0.2) is 0 Å². The Hall–Kier alpha value is -1.42. The highest BCUT2D eigenvalue weighted by Gasteiger charge is 2.25. The van der Waals surface area contributed by atoms with Gasteiger partial charge in [-0.15, -0.1) is 0 Å². The third kappa shape index (κ3) is 3.81. The number of pyridine rings is 1. The van der Waals surface area contributed by atoms with E-state index in [0.717, 1.165) is 5.69 Å². The van der Waals surface area contributed by atoms with Crippen molar-refractivity contribution < 1.29 is 4.79 Å². The van der Waals surface area contributed by atoms with Gasteiger partial charge < -0.3 is 10.6 Å². The van der Waals surface area contributed by atoms with E-state index in [-0.39, 0.29) is 17.9 Å². The van der Waals surface area contributed by atoms with Crippen LogP contribution in [0.3, 0.4) is 0 Å². The summed E-state index contributed by atoms with van der Waals surface area (Å²) in [5, 5.41) is 0. The molecule has 1 aromatic rings. The molecule has 0 saturated heterocycles. The Balaban J connectivity index is 2.81. The monoisotopic (exact) mass is 249 g/mol. The average molecular weight is 249 g/mol. The molecule has 0 spiro atoms.